The predicted octanol–water partition coefficient (Wildman–Crippen LogP) is 3.39. The lowest BCUT2D eigenvalue weighted by Gasteiger charge is -2.25. The van der Waals surface area contributed by atoms with Crippen LogP contribution in [0.4, 0.5) is 0 Å². The van der Waals surface area contributed by atoms with Crippen molar-refractivity contribution in [3.05, 3.63) is 34.3 Å². The van der Waals surface area contributed by atoms with Crippen LogP contribution in [0.5, 0.6) is 0 Å². The van der Waals surface area contributed by atoms with E-state index in [2.05, 4.69) is 47.3 Å². The Morgan fingerprint density at radius 3 is 2.47 bits per heavy atom. The maximum Gasteiger partial charge on any atom is 0.0488 e. The Morgan fingerprint density at radius 1 is 1.33 bits per heavy atom. The molecule has 3 N–H and O–H groups in total. The van der Waals surface area contributed by atoms with Gasteiger partial charge in [0.05, 0.1) is 0 Å². The Bertz CT molecular complexity index is 297. The molecule has 1 rings (SSSR count). The molecular formula is C12H19BrN2. The lowest BCUT2D eigenvalue weighted by molar-refractivity contribution is 0.345. The number of halogens is 1. The monoisotopic (exact) mass is 270 g/mol. The molecule has 0 radical (unpaired) electrons. The Kier molecular flexibility index (Phi) is 5.29. The molecule has 3 heteroatoms. The van der Waals surface area contributed by atoms with Gasteiger partial charge in [-0.25, -0.2) is 0 Å². The van der Waals surface area contributed by atoms with E-state index in [0.717, 1.165) is 17.3 Å². The molecule has 0 aliphatic heterocycles. The molecule has 0 saturated heterocycles. The van der Waals surface area contributed by atoms with E-state index in [0.29, 0.717) is 5.92 Å². The van der Waals surface area contributed by atoms with Crippen LogP contribution in [-0.2, 0) is 0 Å². The quantitative estimate of drug-likeness (QED) is 0.636. The van der Waals surface area contributed by atoms with Crippen LogP contribution in [-0.4, -0.2) is 0 Å². The van der Waals surface area contributed by atoms with E-state index in [4.69, 9.17) is 5.84 Å². The lowest BCUT2D eigenvalue weighted by Crippen LogP contribution is -2.33. The summed E-state index contributed by atoms with van der Waals surface area (Å²) in [5.41, 5.74) is 4.18. The van der Waals surface area contributed by atoms with Gasteiger partial charge in [-0.05, 0) is 23.6 Å². The Morgan fingerprint density at radius 2 is 2.00 bits per heavy atom. The average Bonchev–Trinajstić information content (AvgIpc) is 2.25. The molecule has 0 aliphatic rings. The summed E-state index contributed by atoms with van der Waals surface area (Å²) in [6.07, 6.45) is 2.27. The number of rotatable bonds is 5. The van der Waals surface area contributed by atoms with Gasteiger partial charge in [0.2, 0.25) is 0 Å². The molecule has 0 saturated carbocycles. The lowest BCUT2D eigenvalue weighted by atomic mass is 9.89. The summed E-state index contributed by atoms with van der Waals surface area (Å²) in [6.45, 7) is 4.41. The molecular weight excluding hydrogens is 252 g/mol. The van der Waals surface area contributed by atoms with Crippen LogP contribution in [0.25, 0.3) is 0 Å². The minimum absolute atomic E-state index is 0.248. The third-order valence-electron chi connectivity index (χ3n) is 2.91. The molecule has 1 atom stereocenters. The Labute approximate surface area is 100 Å². The first kappa shape index (κ1) is 12.7. The van der Waals surface area contributed by atoms with E-state index in [1.807, 2.05) is 12.1 Å². The molecule has 1 unspecified atom stereocenters. The summed E-state index contributed by atoms with van der Waals surface area (Å²) < 4.78 is 1.10. The molecule has 1 aromatic carbocycles. The fourth-order valence-electron chi connectivity index (χ4n) is 1.96. The summed E-state index contributed by atoms with van der Waals surface area (Å²) in [7, 11) is 0. The summed E-state index contributed by atoms with van der Waals surface area (Å²) in [5.74, 6) is 6.23. The number of nitrogens with one attached hydrogen (secondary N) is 1. The van der Waals surface area contributed by atoms with Gasteiger partial charge in [0.15, 0.2) is 0 Å². The largest absolute Gasteiger partial charge is 0.271 e. The van der Waals surface area contributed by atoms with Crippen molar-refractivity contribution in [1.82, 2.24) is 5.43 Å². The molecule has 1 aromatic rings. The zero-order valence-corrected chi connectivity index (χ0v) is 10.9. The smallest absolute Gasteiger partial charge is 0.0488 e. The van der Waals surface area contributed by atoms with Gasteiger partial charge in [0.25, 0.3) is 0 Å². The van der Waals surface area contributed by atoms with Crippen LogP contribution in [0.1, 0.15) is 38.3 Å². The van der Waals surface area contributed by atoms with Crippen LogP contribution >= 0.6 is 15.9 Å². The minimum atomic E-state index is 0.248. The number of hydrazine groups is 1. The van der Waals surface area contributed by atoms with E-state index in [-0.39, 0.29) is 6.04 Å². The number of benzene rings is 1. The third kappa shape index (κ3) is 3.30. The number of nitrogens with two attached hydrogens (primary N) is 1. The highest BCUT2D eigenvalue weighted by molar-refractivity contribution is 9.10. The zero-order chi connectivity index (χ0) is 11.3. The molecule has 15 heavy (non-hydrogen) atoms. The Balaban J connectivity index is 2.90. The van der Waals surface area contributed by atoms with Crippen molar-refractivity contribution in [3.63, 3.8) is 0 Å². The van der Waals surface area contributed by atoms with Crippen LogP contribution in [0, 0.1) is 5.92 Å². The topological polar surface area (TPSA) is 38.0 Å². The minimum Gasteiger partial charge on any atom is -0.271 e. The molecule has 0 spiro atoms. The number of hydrogen-bond donors (Lipinski definition) is 2. The van der Waals surface area contributed by atoms with Gasteiger partial charge >= 0.3 is 0 Å². The normalized spacial score (nSPS) is 13.1. The first-order valence-corrected chi connectivity index (χ1v) is 6.23. The molecule has 84 valence electrons. The van der Waals surface area contributed by atoms with Crippen molar-refractivity contribution in [1.29, 1.82) is 0 Å². The third-order valence-corrected chi connectivity index (χ3v) is 3.40. The SMILES string of the molecule is CCC(CC)C(NN)c1cccc(Br)c1. The second-order valence-electron chi connectivity index (χ2n) is 3.78. The fraction of sp³-hybridized carbons (Fsp3) is 0.500. The van der Waals surface area contributed by atoms with Crippen LogP contribution in [0.2, 0.25) is 0 Å². The zero-order valence-electron chi connectivity index (χ0n) is 9.33. The predicted molar refractivity (Wildman–Crippen MR) is 68.3 cm³/mol. The second kappa shape index (κ2) is 6.26. The van der Waals surface area contributed by atoms with Crippen molar-refractivity contribution in [2.45, 2.75) is 32.7 Å². The Hall–Kier alpha value is -0.380. The maximum absolute atomic E-state index is 5.64. The van der Waals surface area contributed by atoms with Gasteiger partial charge in [0.1, 0.15) is 0 Å². The van der Waals surface area contributed by atoms with Gasteiger partial charge in [-0.3, -0.25) is 11.3 Å². The van der Waals surface area contributed by atoms with Crippen molar-refractivity contribution < 1.29 is 0 Å². The summed E-state index contributed by atoms with van der Waals surface area (Å²) in [4.78, 5) is 0. The first-order valence-electron chi connectivity index (χ1n) is 5.44. The molecule has 0 fully saturated rings. The molecule has 0 aliphatic carbocycles. The molecule has 0 heterocycles. The molecule has 0 aromatic heterocycles. The highest BCUT2D eigenvalue weighted by Crippen LogP contribution is 2.28. The van der Waals surface area contributed by atoms with Gasteiger partial charge in [-0.15, -0.1) is 0 Å². The summed E-state index contributed by atoms with van der Waals surface area (Å²) in [6, 6.07) is 8.57. The van der Waals surface area contributed by atoms with E-state index >= 15 is 0 Å². The molecule has 0 bridgehead atoms. The van der Waals surface area contributed by atoms with Crippen molar-refractivity contribution in [3.8, 4) is 0 Å². The van der Waals surface area contributed by atoms with E-state index in [1.165, 1.54) is 5.56 Å². The molecule has 0 amide bonds. The van der Waals surface area contributed by atoms with Gasteiger partial charge in [-0.2, -0.15) is 0 Å². The van der Waals surface area contributed by atoms with E-state index in [9.17, 15) is 0 Å². The average molecular weight is 271 g/mol. The highest BCUT2D eigenvalue weighted by Gasteiger charge is 2.18. The van der Waals surface area contributed by atoms with Gasteiger partial charge < -0.3 is 0 Å². The van der Waals surface area contributed by atoms with Crippen LogP contribution in [0.15, 0.2) is 28.7 Å². The van der Waals surface area contributed by atoms with Crippen LogP contribution < -0.4 is 11.3 Å². The summed E-state index contributed by atoms with van der Waals surface area (Å²) in [5, 5.41) is 0. The standard InChI is InChI=1S/C12H19BrN2/c1-3-9(4-2)12(15-14)10-6-5-7-11(13)8-10/h5-9,12,15H,3-4,14H2,1-2H3. The van der Waals surface area contributed by atoms with Crippen molar-refractivity contribution in [2.75, 3.05) is 0 Å². The van der Waals surface area contributed by atoms with E-state index < -0.39 is 0 Å². The van der Waals surface area contributed by atoms with Gasteiger partial charge in [0, 0.05) is 10.5 Å². The number of hydrogen-bond acceptors (Lipinski definition) is 2. The van der Waals surface area contributed by atoms with Crippen molar-refractivity contribution in [2.24, 2.45) is 11.8 Å². The first-order chi connectivity index (χ1) is 7.22. The molecule has 2 nitrogen and oxygen atoms in total. The summed E-state index contributed by atoms with van der Waals surface area (Å²) >= 11 is 3.48. The fourth-order valence-corrected chi connectivity index (χ4v) is 2.38. The second-order valence-corrected chi connectivity index (χ2v) is 4.69. The van der Waals surface area contributed by atoms with Crippen molar-refractivity contribution >= 4 is 15.9 Å². The van der Waals surface area contributed by atoms with Crippen LogP contribution in [0.3, 0.4) is 0 Å². The highest BCUT2D eigenvalue weighted by atomic mass is 79.9. The maximum atomic E-state index is 5.64. The van der Waals surface area contributed by atoms with Gasteiger partial charge in [-0.1, -0.05) is 54.8 Å². The van der Waals surface area contributed by atoms with E-state index in [1.54, 1.807) is 0 Å².